The van der Waals surface area contributed by atoms with Crippen molar-refractivity contribution in [3.63, 3.8) is 0 Å². The van der Waals surface area contributed by atoms with Crippen LogP contribution in [0.3, 0.4) is 0 Å². The zero-order valence-corrected chi connectivity index (χ0v) is 18.4. The Kier molecular flexibility index (Phi) is 6.77. The topological polar surface area (TPSA) is 95.9 Å². The smallest absolute Gasteiger partial charge is 0.407 e. The van der Waals surface area contributed by atoms with Crippen LogP contribution < -0.4 is 5.32 Å². The lowest BCUT2D eigenvalue weighted by Gasteiger charge is -2.27. The first kappa shape index (κ1) is 22.6. The van der Waals surface area contributed by atoms with Gasteiger partial charge in [-0.1, -0.05) is 54.6 Å². The molecule has 7 nitrogen and oxygen atoms in total. The second kappa shape index (κ2) is 9.90. The quantitative estimate of drug-likeness (QED) is 0.537. The van der Waals surface area contributed by atoms with Crippen molar-refractivity contribution in [3.05, 3.63) is 72.3 Å². The maximum absolute atomic E-state index is 13.1. The summed E-state index contributed by atoms with van der Waals surface area (Å²) in [6.45, 7) is 3.96. The summed E-state index contributed by atoms with van der Waals surface area (Å²) in [7, 11) is 0. The fourth-order valence-corrected chi connectivity index (χ4v) is 4.45. The number of nitrogens with one attached hydrogen (secondary N) is 1. The molecule has 0 heterocycles. The molecule has 2 aliphatic rings. The molecule has 2 aromatic carbocycles. The maximum Gasteiger partial charge on any atom is 0.407 e. The van der Waals surface area contributed by atoms with Crippen LogP contribution in [-0.2, 0) is 14.3 Å². The van der Waals surface area contributed by atoms with E-state index in [4.69, 9.17) is 9.84 Å². The summed E-state index contributed by atoms with van der Waals surface area (Å²) >= 11 is 0. The van der Waals surface area contributed by atoms with Gasteiger partial charge in [0.2, 0.25) is 5.91 Å². The molecule has 2 N–H and O–H groups in total. The molecule has 1 atom stereocenters. The van der Waals surface area contributed by atoms with Gasteiger partial charge < -0.3 is 20.1 Å². The van der Waals surface area contributed by atoms with Gasteiger partial charge in [-0.05, 0) is 41.5 Å². The Morgan fingerprint density at radius 3 is 2.24 bits per heavy atom. The van der Waals surface area contributed by atoms with Crippen molar-refractivity contribution in [2.45, 2.75) is 43.7 Å². The molecule has 1 fully saturated rings. The molecule has 2 amide bonds. The average molecular weight is 449 g/mol. The summed E-state index contributed by atoms with van der Waals surface area (Å²) in [5.41, 5.74) is 4.50. The number of amides is 2. The van der Waals surface area contributed by atoms with Crippen LogP contribution >= 0.6 is 0 Å². The van der Waals surface area contributed by atoms with Gasteiger partial charge in [-0.3, -0.25) is 9.59 Å². The van der Waals surface area contributed by atoms with Crippen LogP contribution in [-0.4, -0.2) is 53.2 Å². The number of fused-ring (bicyclic) bond motifs is 3. The van der Waals surface area contributed by atoms with Crippen LogP contribution in [0.25, 0.3) is 11.1 Å². The number of nitrogens with zero attached hydrogens (tertiary/aromatic N) is 1. The van der Waals surface area contributed by atoms with Gasteiger partial charge in [0.1, 0.15) is 12.6 Å². The predicted octanol–water partition coefficient (Wildman–Crippen LogP) is 3.94. The highest BCUT2D eigenvalue weighted by molar-refractivity contribution is 5.87. The van der Waals surface area contributed by atoms with E-state index in [0.29, 0.717) is 0 Å². The third-order valence-electron chi connectivity index (χ3n) is 6.17. The molecule has 7 heteroatoms. The first-order valence-corrected chi connectivity index (χ1v) is 11.2. The predicted molar refractivity (Wildman–Crippen MR) is 124 cm³/mol. The monoisotopic (exact) mass is 448 g/mol. The number of hydrogen-bond acceptors (Lipinski definition) is 4. The molecule has 2 aliphatic carbocycles. The Morgan fingerprint density at radius 1 is 1.09 bits per heavy atom. The van der Waals surface area contributed by atoms with Crippen molar-refractivity contribution in [2.75, 3.05) is 13.2 Å². The number of carbonyl (C=O) groups is 3. The molecule has 1 saturated carbocycles. The van der Waals surface area contributed by atoms with Crippen molar-refractivity contribution < 1.29 is 24.2 Å². The first-order valence-electron chi connectivity index (χ1n) is 11.2. The Hall–Kier alpha value is -3.61. The van der Waals surface area contributed by atoms with Crippen LogP contribution in [0, 0.1) is 0 Å². The SMILES string of the molecule is C=CCC(NC(=O)OCC1c2ccccc2-c2ccccc21)C(=O)N(CCC(=O)O)C1CC1. The third-order valence-corrected chi connectivity index (χ3v) is 6.17. The molecule has 1 unspecified atom stereocenters. The standard InChI is InChI=1S/C26H28N2O5/c1-2-7-23(25(31)28(17-12-13-17)15-14-24(29)30)27-26(32)33-16-22-20-10-5-3-8-18(20)19-9-4-6-11-21(19)22/h2-6,8-11,17,22-23H,1,7,12-16H2,(H,27,32)(H,29,30). The van der Waals surface area contributed by atoms with E-state index in [0.717, 1.165) is 35.1 Å². The molecule has 0 bridgehead atoms. The van der Waals surface area contributed by atoms with E-state index in [1.807, 2.05) is 36.4 Å². The summed E-state index contributed by atoms with van der Waals surface area (Å²) in [4.78, 5) is 38.3. The molecule has 0 aromatic heterocycles. The van der Waals surface area contributed by atoms with Crippen LogP contribution in [0.4, 0.5) is 4.79 Å². The molecule has 172 valence electrons. The van der Waals surface area contributed by atoms with E-state index in [1.165, 1.54) is 0 Å². The number of alkyl carbamates (subject to hydrolysis) is 1. The van der Waals surface area contributed by atoms with Crippen LogP contribution in [0.1, 0.15) is 42.7 Å². The summed E-state index contributed by atoms with van der Waals surface area (Å²) in [6.07, 6.45) is 2.68. The van der Waals surface area contributed by atoms with Gasteiger partial charge in [0.25, 0.3) is 0 Å². The van der Waals surface area contributed by atoms with E-state index >= 15 is 0 Å². The molecular weight excluding hydrogens is 420 g/mol. The minimum Gasteiger partial charge on any atom is -0.481 e. The van der Waals surface area contributed by atoms with Gasteiger partial charge in [0.05, 0.1) is 6.42 Å². The summed E-state index contributed by atoms with van der Waals surface area (Å²) in [5.74, 6) is -1.33. The highest BCUT2D eigenvalue weighted by Crippen LogP contribution is 2.44. The number of benzene rings is 2. The van der Waals surface area contributed by atoms with E-state index in [9.17, 15) is 14.4 Å². The fourth-order valence-electron chi connectivity index (χ4n) is 4.45. The van der Waals surface area contributed by atoms with Gasteiger partial charge in [-0.25, -0.2) is 4.79 Å². The van der Waals surface area contributed by atoms with E-state index in [1.54, 1.807) is 11.0 Å². The Labute approximate surface area is 193 Å². The Bertz CT molecular complexity index is 1020. The van der Waals surface area contributed by atoms with Gasteiger partial charge in [-0.15, -0.1) is 6.58 Å². The number of carbonyl (C=O) groups excluding carboxylic acids is 2. The summed E-state index contributed by atoms with van der Waals surface area (Å²) < 4.78 is 5.57. The van der Waals surface area contributed by atoms with Crippen LogP contribution in [0.15, 0.2) is 61.2 Å². The van der Waals surface area contributed by atoms with E-state index < -0.39 is 18.1 Å². The number of carboxylic acids is 1. The lowest BCUT2D eigenvalue weighted by Crippen LogP contribution is -2.50. The van der Waals surface area contributed by atoms with Gasteiger partial charge in [0.15, 0.2) is 0 Å². The van der Waals surface area contributed by atoms with Crippen molar-refractivity contribution in [1.82, 2.24) is 10.2 Å². The van der Waals surface area contributed by atoms with Gasteiger partial charge >= 0.3 is 12.1 Å². The molecule has 2 aromatic rings. The zero-order valence-electron chi connectivity index (χ0n) is 18.4. The molecule has 0 saturated heterocycles. The molecule has 0 radical (unpaired) electrons. The minimum atomic E-state index is -0.960. The number of hydrogen-bond donors (Lipinski definition) is 2. The normalized spacial score (nSPS) is 15.2. The second-order valence-electron chi connectivity index (χ2n) is 8.45. The maximum atomic E-state index is 13.1. The van der Waals surface area contributed by atoms with Crippen molar-refractivity contribution in [2.24, 2.45) is 0 Å². The van der Waals surface area contributed by atoms with Crippen molar-refractivity contribution in [1.29, 1.82) is 0 Å². The molecular formula is C26H28N2O5. The third kappa shape index (κ3) is 5.08. The number of carboxylic acid groups (broad SMARTS) is 1. The Balaban J connectivity index is 1.41. The van der Waals surface area contributed by atoms with E-state index in [-0.39, 0.29) is 43.9 Å². The number of ether oxygens (including phenoxy) is 1. The van der Waals surface area contributed by atoms with Crippen LogP contribution in [0.5, 0.6) is 0 Å². The van der Waals surface area contributed by atoms with Crippen molar-refractivity contribution >= 4 is 18.0 Å². The highest BCUT2D eigenvalue weighted by Gasteiger charge is 2.36. The zero-order chi connectivity index (χ0) is 23.4. The lowest BCUT2D eigenvalue weighted by molar-refractivity contribution is -0.139. The number of rotatable bonds is 10. The molecule has 0 spiro atoms. The second-order valence-corrected chi connectivity index (χ2v) is 8.45. The largest absolute Gasteiger partial charge is 0.481 e. The highest BCUT2D eigenvalue weighted by atomic mass is 16.5. The summed E-state index contributed by atoms with van der Waals surface area (Å²) in [6, 6.07) is 15.3. The molecule has 4 rings (SSSR count). The van der Waals surface area contributed by atoms with E-state index in [2.05, 4.69) is 24.0 Å². The first-order chi connectivity index (χ1) is 16.0. The minimum absolute atomic E-state index is 0.0356. The summed E-state index contributed by atoms with van der Waals surface area (Å²) in [5, 5.41) is 11.7. The fraction of sp³-hybridized carbons (Fsp3) is 0.346. The lowest BCUT2D eigenvalue weighted by atomic mass is 9.98. The molecule has 33 heavy (non-hydrogen) atoms. The van der Waals surface area contributed by atoms with Gasteiger partial charge in [0, 0.05) is 18.5 Å². The van der Waals surface area contributed by atoms with Gasteiger partial charge in [-0.2, -0.15) is 0 Å². The van der Waals surface area contributed by atoms with Crippen molar-refractivity contribution in [3.8, 4) is 11.1 Å². The number of aliphatic carboxylic acids is 1. The Morgan fingerprint density at radius 2 is 1.70 bits per heavy atom. The molecule has 0 aliphatic heterocycles. The average Bonchev–Trinajstić information content (AvgIpc) is 3.59. The van der Waals surface area contributed by atoms with Crippen LogP contribution in [0.2, 0.25) is 0 Å².